The first kappa shape index (κ1) is 22.2. The van der Waals surface area contributed by atoms with Crippen LogP contribution in [0.1, 0.15) is 36.8 Å². The first-order chi connectivity index (χ1) is 13.4. The number of halogens is 2. The molecule has 2 aromatic rings. The number of nitrogens with two attached hydrogens (primary N) is 2. The fourth-order valence-corrected chi connectivity index (χ4v) is 3.51. The van der Waals surface area contributed by atoms with E-state index < -0.39 is 0 Å². The number of nitrogens with one attached hydrogen (secondary N) is 2. The first-order valence-electron chi connectivity index (χ1n) is 8.92. The minimum absolute atomic E-state index is 0.0103. The molecule has 0 spiro atoms. The molecule has 28 heavy (non-hydrogen) atoms. The van der Waals surface area contributed by atoms with Crippen molar-refractivity contribution in [3.8, 4) is 11.5 Å². The fraction of sp³-hybridized carbons (Fsp3) is 0.300. The lowest BCUT2D eigenvalue weighted by molar-refractivity contribution is 0.286. The third-order valence-corrected chi connectivity index (χ3v) is 6.21. The predicted octanol–water partition coefficient (Wildman–Crippen LogP) is 4.80. The third-order valence-electron chi connectivity index (χ3n) is 4.07. The highest BCUT2D eigenvalue weighted by molar-refractivity contribution is 9.13. The van der Waals surface area contributed by atoms with Gasteiger partial charge < -0.3 is 20.9 Å². The molecule has 0 atom stereocenters. The van der Waals surface area contributed by atoms with Gasteiger partial charge in [0.25, 0.3) is 0 Å². The molecule has 0 aliphatic heterocycles. The van der Waals surface area contributed by atoms with Gasteiger partial charge in [-0.2, -0.15) is 0 Å². The van der Waals surface area contributed by atoms with Crippen LogP contribution in [0.2, 0.25) is 0 Å². The molecule has 2 aromatic carbocycles. The molecular formula is C20H24Br2N4O2. The highest BCUT2D eigenvalue weighted by Gasteiger charge is 2.11. The summed E-state index contributed by atoms with van der Waals surface area (Å²) in [5, 5.41) is 14.9. The van der Waals surface area contributed by atoms with Crippen LogP contribution in [0.4, 0.5) is 0 Å². The lowest BCUT2D eigenvalue weighted by Gasteiger charge is -2.12. The van der Waals surface area contributed by atoms with E-state index in [4.69, 9.17) is 31.8 Å². The molecule has 0 bridgehead atoms. The number of ether oxygens (including phenoxy) is 2. The van der Waals surface area contributed by atoms with Gasteiger partial charge in [-0.15, -0.1) is 0 Å². The van der Waals surface area contributed by atoms with Gasteiger partial charge in [-0.05, 0) is 93.9 Å². The average Bonchev–Trinajstić information content (AvgIpc) is 2.67. The summed E-state index contributed by atoms with van der Waals surface area (Å²) in [6.07, 6.45) is 4.03. The van der Waals surface area contributed by atoms with Crippen molar-refractivity contribution in [3.05, 3.63) is 56.5 Å². The third kappa shape index (κ3) is 6.53. The van der Waals surface area contributed by atoms with Crippen LogP contribution in [0.5, 0.6) is 11.5 Å². The van der Waals surface area contributed by atoms with Crippen LogP contribution in [-0.2, 0) is 0 Å². The van der Waals surface area contributed by atoms with Crippen LogP contribution >= 0.6 is 31.9 Å². The molecule has 0 radical (unpaired) electrons. The van der Waals surface area contributed by atoms with E-state index in [9.17, 15) is 0 Å². The second-order valence-electron chi connectivity index (χ2n) is 6.20. The maximum Gasteiger partial charge on any atom is 0.134 e. The molecule has 0 fully saturated rings. The molecular weight excluding hydrogens is 488 g/mol. The second kappa shape index (κ2) is 11.1. The van der Waals surface area contributed by atoms with E-state index in [1.807, 2.05) is 18.2 Å². The molecule has 0 aliphatic rings. The minimum Gasteiger partial charge on any atom is -0.494 e. The molecule has 150 valence electrons. The van der Waals surface area contributed by atoms with E-state index in [-0.39, 0.29) is 11.7 Å². The van der Waals surface area contributed by atoms with Crippen molar-refractivity contribution in [1.82, 2.24) is 0 Å². The monoisotopic (exact) mass is 510 g/mol. The zero-order valence-electron chi connectivity index (χ0n) is 15.4. The van der Waals surface area contributed by atoms with Gasteiger partial charge in [0, 0.05) is 15.6 Å². The van der Waals surface area contributed by atoms with Crippen molar-refractivity contribution in [2.75, 3.05) is 13.2 Å². The van der Waals surface area contributed by atoms with E-state index in [1.54, 1.807) is 18.2 Å². The zero-order valence-corrected chi connectivity index (χ0v) is 18.6. The van der Waals surface area contributed by atoms with Crippen LogP contribution in [0.3, 0.4) is 0 Å². The highest BCUT2D eigenvalue weighted by atomic mass is 79.9. The molecule has 0 aromatic heterocycles. The average molecular weight is 512 g/mol. The zero-order chi connectivity index (χ0) is 20.5. The summed E-state index contributed by atoms with van der Waals surface area (Å²) < 4.78 is 13.0. The van der Waals surface area contributed by atoms with E-state index in [2.05, 4.69) is 31.9 Å². The van der Waals surface area contributed by atoms with Gasteiger partial charge in [0.2, 0.25) is 0 Å². The highest BCUT2D eigenvalue weighted by Crippen LogP contribution is 2.35. The summed E-state index contributed by atoms with van der Waals surface area (Å²) in [5.41, 5.74) is 12.3. The number of unbranched alkanes of at least 4 members (excludes halogenated alkanes) is 3. The fourth-order valence-electron chi connectivity index (χ4n) is 2.51. The summed E-state index contributed by atoms with van der Waals surface area (Å²) >= 11 is 6.91. The summed E-state index contributed by atoms with van der Waals surface area (Å²) in [6, 6.07) is 10.8. The normalized spacial score (nSPS) is 10.5. The van der Waals surface area contributed by atoms with E-state index in [0.717, 1.165) is 46.1 Å². The molecule has 0 heterocycles. The van der Waals surface area contributed by atoms with Gasteiger partial charge in [-0.1, -0.05) is 0 Å². The molecule has 0 saturated heterocycles. The molecule has 0 saturated carbocycles. The molecule has 0 aliphatic carbocycles. The van der Waals surface area contributed by atoms with Gasteiger partial charge in [0.1, 0.15) is 23.2 Å². The smallest absolute Gasteiger partial charge is 0.134 e. The Morgan fingerprint density at radius 1 is 0.750 bits per heavy atom. The maximum absolute atomic E-state index is 7.54. The van der Waals surface area contributed by atoms with Crippen LogP contribution in [0, 0.1) is 10.8 Å². The van der Waals surface area contributed by atoms with Crippen molar-refractivity contribution in [1.29, 1.82) is 10.8 Å². The maximum atomic E-state index is 7.54. The van der Waals surface area contributed by atoms with Crippen molar-refractivity contribution < 1.29 is 9.47 Å². The van der Waals surface area contributed by atoms with Gasteiger partial charge in [0.15, 0.2) is 0 Å². The number of hydrogen-bond donors (Lipinski definition) is 4. The van der Waals surface area contributed by atoms with Crippen LogP contribution in [-0.4, -0.2) is 24.9 Å². The summed E-state index contributed by atoms with van der Waals surface area (Å²) in [6.45, 7) is 1.28. The van der Waals surface area contributed by atoms with Gasteiger partial charge in [-0.3, -0.25) is 10.8 Å². The number of amidine groups is 2. The quantitative estimate of drug-likeness (QED) is 0.197. The Hall–Kier alpha value is -2.06. The number of nitrogen functional groups attached to an aromatic ring is 2. The Labute approximate surface area is 181 Å². The van der Waals surface area contributed by atoms with Gasteiger partial charge >= 0.3 is 0 Å². The first-order valence-corrected chi connectivity index (χ1v) is 10.5. The summed E-state index contributed by atoms with van der Waals surface area (Å²) in [7, 11) is 0. The Balaban J connectivity index is 1.61. The van der Waals surface area contributed by atoms with E-state index >= 15 is 0 Å². The van der Waals surface area contributed by atoms with Crippen molar-refractivity contribution in [2.24, 2.45) is 11.5 Å². The molecule has 0 amide bonds. The minimum atomic E-state index is 0.0103. The molecule has 8 heteroatoms. The van der Waals surface area contributed by atoms with Gasteiger partial charge in [0.05, 0.1) is 17.7 Å². The Morgan fingerprint density at radius 3 is 1.93 bits per heavy atom. The Kier molecular flexibility index (Phi) is 8.79. The van der Waals surface area contributed by atoms with Crippen LogP contribution < -0.4 is 20.9 Å². The molecule has 6 nitrogen and oxygen atoms in total. The Bertz CT molecular complexity index is 826. The predicted molar refractivity (Wildman–Crippen MR) is 120 cm³/mol. The van der Waals surface area contributed by atoms with Gasteiger partial charge in [-0.25, -0.2) is 0 Å². The van der Waals surface area contributed by atoms with Crippen molar-refractivity contribution in [3.63, 3.8) is 0 Å². The largest absolute Gasteiger partial charge is 0.494 e. The second-order valence-corrected chi connectivity index (χ2v) is 7.79. The number of rotatable bonds is 11. The lowest BCUT2D eigenvalue weighted by atomic mass is 10.2. The standard InChI is InChI=1S/C20H24Br2N4O2/c21-17-15(20(25)26)9-10-16(18(17)22)28-12-4-2-1-3-11-27-14-7-5-13(6-8-14)19(23)24/h5-10H,1-4,11-12H2,(H3,23,24)(H3,25,26). The Morgan fingerprint density at radius 2 is 1.36 bits per heavy atom. The summed E-state index contributed by atoms with van der Waals surface area (Å²) in [4.78, 5) is 0. The number of hydrogen-bond acceptors (Lipinski definition) is 4. The van der Waals surface area contributed by atoms with Crippen molar-refractivity contribution >= 4 is 43.5 Å². The van der Waals surface area contributed by atoms with E-state index in [1.165, 1.54) is 0 Å². The summed E-state index contributed by atoms with van der Waals surface area (Å²) in [5.74, 6) is 1.59. The van der Waals surface area contributed by atoms with E-state index in [0.29, 0.717) is 24.3 Å². The SMILES string of the molecule is N=C(N)c1ccc(OCCCCCCOc2ccc(C(=N)N)c(Br)c2Br)cc1. The lowest BCUT2D eigenvalue weighted by Crippen LogP contribution is -2.12. The molecule has 0 unspecified atom stereocenters. The number of benzene rings is 2. The molecule has 6 N–H and O–H groups in total. The van der Waals surface area contributed by atoms with Crippen LogP contribution in [0.25, 0.3) is 0 Å². The van der Waals surface area contributed by atoms with Crippen LogP contribution in [0.15, 0.2) is 45.3 Å². The molecule has 2 rings (SSSR count). The topological polar surface area (TPSA) is 118 Å². The van der Waals surface area contributed by atoms with Crippen molar-refractivity contribution in [2.45, 2.75) is 25.7 Å².